The Balaban J connectivity index is 1.79. The maximum Gasteiger partial charge on any atom is 0.123 e. The summed E-state index contributed by atoms with van der Waals surface area (Å²) in [6.45, 7) is 0. The number of phenols is 6. The van der Waals surface area contributed by atoms with E-state index < -0.39 is 23.9 Å². The van der Waals surface area contributed by atoms with Gasteiger partial charge in [-0.3, -0.25) is 0 Å². The van der Waals surface area contributed by atoms with Gasteiger partial charge in [-0.2, -0.15) is 0 Å². The summed E-state index contributed by atoms with van der Waals surface area (Å²) >= 11 is 0. The van der Waals surface area contributed by atoms with Gasteiger partial charge in [-0.15, -0.1) is 0 Å². The molecule has 0 fully saturated rings. The Morgan fingerprint density at radius 2 is 1.09 bits per heavy atom. The third-order valence-corrected chi connectivity index (χ3v) is 6.73. The van der Waals surface area contributed by atoms with Gasteiger partial charge in [0.15, 0.2) is 0 Å². The number of hydrogen-bond donors (Lipinski definition) is 7. The van der Waals surface area contributed by atoms with Crippen LogP contribution in [0.2, 0.25) is 0 Å². The molecule has 7 N–H and O–H groups in total. The number of aliphatic hydroxyl groups excluding tert-OH is 1. The fraction of sp³-hybridized carbons (Fsp3) is 0.143. The first kappa shape index (κ1) is 22.4. The number of fused-ring (bicyclic) bond motifs is 1. The van der Waals surface area contributed by atoms with Crippen LogP contribution in [0.4, 0.5) is 0 Å². The fourth-order valence-electron chi connectivity index (χ4n) is 5.35. The number of hydrogen-bond acceptors (Lipinski definition) is 7. The summed E-state index contributed by atoms with van der Waals surface area (Å²) in [6.07, 6.45) is -1.13. The molecule has 35 heavy (non-hydrogen) atoms. The second-order valence-corrected chi connectivity index (χ2v) is 8.91. The van der Waals surface area contributed by atoms with Crippen molar-refractivity contribution < 1.29 is 35.7 Å². The van der Waals surface area contributed by atoms with Crippen LogP contribution in [0.5, 0.6) is 34.5 Å². The van der Waals surface area contributed by atoms with Gasteiger partial charge in [0.2, 0.25) is 0 Å². The summed E-state index contributed by atoms with van der Waals surface area (Å²) in [5.41, 5.74) is 2.73. The summed E-state index contributed by atoms with van der Waals surface area (Å²) in [5.74, 6) is -2.41. The van der Waals surface area contributed by atoms with E-state index >= 15 is 0 Å². The lowest BCUT2D eigenvalue weighted by atomic mass is 9.75. The zero-order valence-corrected chi connectivity index (χ0v) is 18.4. The highest BCUT2D eigenvalue weighted by atomic mass is 16.3. The summed E-state index contributed by atoms with van der Waals surface area (Å²) in [5, 5.41) is 73.0. The fourth-order valence-corrected chi connectivity index (χ4v) is 5.35. The van der Waals surface area contributed by atoms with E-state index in [1.165, 1.54) is 54.6 Å². The van der Waals surface area contributed by atoms with Gasteiger partial charge in [-0.1, -0.05) is 24.3 Å². The van der Waals surface area contributed by atoms with Crippen LogP contribution in [0.25, 0.3) is 0 Å². The lowest BCUT2D eigenvalue weighted by Gasteiger charge is -2.30. The summed E-state index contributed by atoms with van der Waals surface area (Å²) in [4.78, 5) is 0. The Kier molecular flexibility index (Phi) is 5.42. The van der Waals surface area contributed by atoms with E-state index in [4.69, 9.17) is 0 Å². The topological polar surface area (TPSA) is 142 Å². The quantitative estimate of drug-likeness (QED) is 0.229. The van der Waals surface area contributed by atoms with Crippen LogP contribution in [0.3, 0.4) is 0 Å². The van der Waals surface area contributed by atoms with E-state index in [1.807, 2.05) is 0 Å². The smallest absolute Gasteiger partial charge is 0.123 e. The molecule has 7 heteroatoms. The molecule has 1 aliphatic carbocycles. The van der Waals surface area contributed by atoms with Crippen molar-refractivity contribution >= 4 is 0 Å². The van der Waals surface area contributed by atoms with Gasteiger partial charge in [0, 0.05) is 35.4 Å². The van der Waals surface area contributed by atoms with Crippen molar-refractivity contribution in [3.05, 3.63) is 107 Å². The lowest BCUT2D eigenvalue weighted by Crippen LogP contribution is -2.18. The first-order valence-electron chi connectivity index (χ1n) is 11.1. The van der Waals surface area contributed by atoms with Gasteiger partial charge in [0.1, 0.15) is 34.5 Å². The van der Waals surface area contributed by atoms with E-state index in [2.05, 4.69) is 0 Å². The third kappa shape index (κ3) is 3.96. The van der Waals surface area contributed by atoms with Crippen molar-refractivity contribution in [2.75, 3.05) is 0 Å². The molecule has 4 aromatic carbocycles. The van der Waals surface area contributed by atoms with Crippen molar-refractivity contribution in [2.24, 2.45) is 0 Å². The van der Waals surface area contributed by atoms with Crippen LogP contribution < -0.4 is 0 Å². The summed E-state index contributed by atoms with van der Waals surface area (Å²) in [6, 6.07) is 19.5. The Bertz CT molecular complexity index is 1360. The normalized spacial score (nSPS) is 19.9. The average Bonchev–Trinajstić information content (AvgIpc) is 3.14. The van der Waals surface area contributed by atoms with Gasteiger partial charge < -0.3 is 35.7 Å². The van der Waals surface area contributed by atoms with Crippen LogP contribution in [0.1, 0.15) is 51.7 Å². The summed E-state index contributed by atoms with van der Waals surface area (Å²) < 4.78 is 0. The molecule has 7 nitrogen and oxygen atoms in total. The molecule has 0 spiro atoms. The number of rotatable bonds is 4. The lowest BCUT2D eigenvalue weighted by molar-refractivity contribution is 0.134. The largest absolute Gasteiger partial charge is 0.508 e. The molecule has 0 aromatic heterocycles. The van der Waals surface area contributed by atoms with Crippen LogP contribution in [0.15, 0.2) is 78.9 Å². The monoisotopic (exact) mass is 472 g/mol. The molecule has 178 valence electrons. The molecular weight excluding hydrogens is 448 g/mol. The summed E-state index contributed by atoms with van der Waals surface area (Å²) in [7, 11) is 0. The molecule has 0 heterocycles. The van der Waals surface area contributed by atoms with Gasteiger partial charge >= 0.3 is 0 Å². The van der Waals surface area contributed by atoms with Crippen LogP contribution in [-0.2, 0) is 0 Å². The van der Waals surface area contributed by atoms with E-state index in [-0.39, 0.29) is 34.5 Å². The Labute approximate surface area is 201 Å². The van der Waals surface area contributed by atoms with Gasteiger partial charge in [0.25, 0.3) is 0 Å². The minimum atomic E-state index is -1.13. The molecule has 0 saturated carbocycles. The minimum absolute atomic E-state index is 0.0412. The highest BCUT2D eigenvalue weighted by molar-refractivity contribution is 5.60. The maximum absolute atomic E-state index is 11.6. The predicted molar refractivity (Wildman–Crippen MR) is 128 cm³/mol. The Morgan fingerprint density at radius 3 is 1.69 bits per heavy atom. The predicted octanol–water partition coefficient (Wildman–Crippen LogP) is 4.67. The average molecular weight is 472 g/mol. The van der Waals surface area contributed by atoms with E-state index in [0.29, 0.717) is 22.3 Å². The first-order valence-corrected chi connectivity index (χ1v) is 11.1. The molecule has 0 bridgehead atoms. The second kappa shape index (κ2) is 8.45. The van der Waals surface area contributed by atoms with Gasteiger partial charge in [-0.25, -0.2) is 0 Å². The van der Waals surface area contributed by atoms with Crippen LogP contribution >= 0.6 is 0 Å². The molecule has 0 aliphatic heterocycles. The molecule has 0 saturated heterocycles. The molecule has 0 amide bonds. The van der Waals surface area contributed by atoms with E-state index in [9.17, 15) is 35.7 Å². The van der Waals surface area contributed by atoms with Crippen molar-refractivity contribution in [3.8, 4) is 34.5 Å². The van der Waals surface area contributed by atoms with Gasteiger partial charge in [-0.05, 0) is 64.7 Å². The number of aromatic hydroxyl groups is 6. The second-order valence-electron chi connectivity index (χ2n) is 8.91. The van der Waals surface area contributed by atoms with Gasteiger partial charge in [0.05, 0.1) is 6.10 Å². The molecule has 0 radical (unpaired) electrons. The molecule has 4 atom stereocenters. The minimum Gasteiger partial charge on any atom is -0.508 e. The molecule has 5 rings (SSSR count). The van der Waals surface area contributed by atoms with Crippen LogP contribution in [0, 0.1) is 0 Å². The highest BCUT2D eigenvalue weighted by Crippen LogP contribution is 2.61. The molecular formula is C28H24O7. The molecule has 1 aliphatic rings. The Morgan fingerprint density at radius 1 is 0.543 bits per heavy atom. The number of benzene rings is 4. The highest BCUT2D eigenvalue weighted by Gasteiger charge is 2.47. The molecule has 4 aromatic rings. The maximum atomic E-state index is 11.6. The standard InChI is InChI=1S/C28H24O7/c29-17-5-1-14(2-6-17)24-25(16-9-19(31)11-20(32)10-16)27(22-12-21(33)13-23(34)26(22)24)28(35)15-3-7-18(30)8-4-15/h1-13,24-25,27-35H. The van der Waals surface area contributed by atoms with Crippen molar-refractivity contribution in [1.82, 2.24) is 0 Å². The Hall–Kier alpha value is -4.36. The van der Waals surface area contributed by atoms with Crippen molar-refractivity contribution in [3.63, 3.8) is 0 Å². The number of aliphatic hydroxyl groups is 1. The first-order chi connectivity index (χ1) is 16.7. The zero-order valence-electron chi connectivity index (χ0n) is 18.4. The van der Waals surface area contributed by atoms with E-state index in [1.54, 1.807) is 24.3 Å². The SMILES string of the molecule is Oc1ccc(C(O)C2c3cc(O)cc(O)c3C(c3ccc(O)cc3)C2c2cc(O)cc(O)c2)cc1. The molecule has 4 unspecified atom stereocenters. The van der Waals surface area contributed by atoms with E-state index in [0.717, 1.165) is 5.56 Å². The van der Waals surface area contributed by atoms with Crippen LogP contribution in [-0.4, -0.2) is 35.7 Å². The van der Waals surface area contributed by atoms with Crippen molar-refractivity contribution in [1.29, 1.82) is 0 Å². The zero-order chi connectivity index (χ0) is 24.9. The third-order valence-electron chi connectivity index (χ3n) is 6.73. The van der Waals surface area contributed by atoms with Crippen molar-refractivity contribution in [2.45, 2.75) is 23.9 Å². The number of phenolic OH excluding ortho intramolecular Hbond substituents is 6.